The molecule has 2 rings (SSSR count). The Kier molecular flexibility index (Phi) is 4.74. The maximum atomic E-state index is 12.8. The zero-order chi connectivity index (χ0) is 13.7. The van der Waals surface area contributed by atoms with Gasteiger partial charge in [0.15, 0.2) is 0 Å². The molecule has 0 bridgehead atoms. The standard InChI is InChI=1S/C14H16FN3S/c1-3-8-16-13-9-14(18-10(2)17-13)19-12-6-4-11(15)5-7-12/h4-7,9H,3,8H2,1-2H3,(H,16,17,18). The minimum Gasteiger partial charge on any atom is -0.370 e. The predicted octanol–water partition coefficient (Wildman–Crippen LogP) is 3.90. The maximum Gasteiger partial charge on any atom is 0.130 e. The van der Waals surface area contributed by atoms with Crippen molar-refractivity contribution in [1.82, 2.24) is 9.97 Å². The minimum atomic E-state index is -0.228. The Morgan fingerprint density at radius 2 is 1.95 bits per heavy atom. The van der Waals surface area contributed by atoms with Gasteiger partial charge in [-0.15, -0.1) is 0 Å². The van der Waals surface area contributed by atoms with Crippen molar-refractivity contribution in [2.45, 2.75) is 30.2 Å². The quantitative estimate of drug-likeness (QED) is 0.841. The molecule has 0 saturated heterocycles. The zero-order valence-corrected chi connectivity index (χ0v) is 11.8. The van der Waals surface area contributed by atoms with E-state index in [0.717, 1.165) is 34.5 Å². The van der Waals surface area contributed by atoms with Crippen molar-refractivity contribution in [3.8, 4) is 0 Å². The van der Waals surface area contributed by atoms with Crippen LogP contribution in [0.3, 0.4) is 0 Å². The normalized spacial score (nSPS) is 10.5. The highest BCUT2D eigenvalue weighted by Crippen LogP contribution is 2.27. The van der Waals surface area contributed by atoms with Crippen LogP contribution in [-0.2, 0) is 0 Å². The third-order valence-corrected chi connectivity index (χ3v) is 3.33. The highest BCUT2D eigenvalue weighted by Gasteiger charge is 2.04. The number of aromatic nitrogens is 2. The summed E-state index contributed by atoms with van der Waals surface area (Å²) in [6, 6.07) is 8.31. The number of benzene rings is 1. The van der Waals surface area contributed by atoms with Gasteiger partial charge in [0.05, 0.1) is 0 Å². The molecule has 100 valence electrons. The second-order valence-corrected chi connectivity index (χ2v) is 5.22. The molecular weight excluding hydrogens is 261 g/mol. The Morgan fingerprint density at radius 1 is 1.21 bits per heavy atom. The lowest BCUT2D eigenvalue weighted by molar-refractivity contribution is 0.626. The highest BCUT2D eigenvalue weighted by atomic mass is 32.2. The third-order valence-electron chi connectivity index (χ3n) is 2.41. The van der Waals surface area contributed by atoms with Gasteiger partial charge < -0.3 is 5.32 Å². The van der Waals surface area contributed by atoms with Gasteiger partial charge in [-0.05, 0) is 37.6 Å². The van der Waals surface area contributed by atoms with Crippen molar-refractivity contribution in [1.29, 1.82) is 0 Å². The predicted molar refractivity (Wildman–Crippen MR) is 76.1 cm³/mol. The molecule has 1 N–H and O–H groups in total. The fraction of sp³-hybridized carbons (Fsp3) is 0.286. The summed E-state index contributed by atoms with van der Waals surface area (Å²) in [6.07, 6.45) is 1.05. The topological polar surface area (TPSA) is 37.8 Å². The average Bonchev–Trinajstić information content (AvgIpc) is 2.38. The molecule has 0 radical (unpaired) electrons. The van der Waals surface area contributed by atoms with Gasteiger partial charge >= 0.3 is 0 Å². The number of hydrogen-bond acceptors (Lipinski definition) is 4. The molecule has 3 nitrogen and oxygen atoms in total. The second-order valence-electron chi connectivity index (χ2n) is 4.12. The van der Waals surface area contributed by atoms with Gasteiger partial charge in [-0.1, -0.05) is 18.7 Å². The van der Waals surface area contributed by atoms with Crippen molar-refractivity contribution in [3.63, 3.8) is 0 Å². The molecular formula is C14H16FN3S. The molecule has 0 spiro atoms. The van der Waals surface area contributed by atoms with Crippen molar-refractivity contribution in [2.24, 2.45) is 0 Å². The van der Waals surface area contributed by atoms with Crippen molar-refractivity contribution < 1.29 is 4.39 Å². The Morgan fingerprint density at radius 3 is 2.63 bits per heavy atom. The van der Waals surface area contributed by atoms with Crippen LogP contribution in [0.1, 0.15) is 19.2 Å². The van der Waals surface area contributed by atoms with Crippen LogP contribution in [0.25, 0.3) is 0 Å². The number of rotatable bonds is 5. The summed E-state index contributed by atoms with van der Waals surface area (Å²) in [4.78, 5) is 9.67. The Balaban J connectivity index is 2.15. The van der Waals surface area contributed by atoms with E-state index in [-0.39, 0.29) is 5.82 Å². The van der Waals surface area contributed by atoms with E-state index in [4.69, 9.17) is 0 Å². The fourth-order valence-electron chi connectivity index (χ4n) is 1.56. The Labute approximate surface area is 116 Å². The third kappa shape index (κ3) is 4.21. The van der Waals surface area contributed by atoms with Crippen molar-refractivity contribution in [3.05, 3.63) is 42.0 Å². The molecule has 0 saturated carbocycles. The van der Waals surface area contributed by atoms with Crippen molar-refractivity contribution >= 4 is 17.6 Å². The SMILES string of the molecule is CCCNc1cc(Sc2ccc(F)cc2)nc(C)n1. The minimum absolute atomic E-state index is 0.228. The van der Waals surface area contributed by atoms with E-state index in [1.807, 2.05) is 13.0 Å². The van der Waals surface area contributed by atoms with E-state index < -0.39 is 0 Å². The van der Waals surface area contributed by atoms with Crippen LogP contribution in [0.4, 0.5) is 10.2 Å². The van der Waals surface area contributed by atoms with Gasteiger partial charge in [0.1, 0.15) is 22.5 Å². The summed E-state index contributed by atoms with van der Waals surface area (Å²) in [6.45, 7) is 4.86. The molecule has 0 unspecified atom stereocenters. The van der Waals surface area contributed by atoms with Crippen LogP contribution in [0.5, 0.6) is 0 Å². The fourth-order valence-corrected chi connectivity index (χ4v) is 2.42. The monoisotopic (exact) mass is 277 g/mol. The molecule has 5 heteroatoms. The maximum absolute atomic E-state index is 12.8. The van der Waals surface area contributed by atoms with E-state index >= 15 is 0 Å². The molecule has 0 amide bonds. The average molecular weight is 277 g/mol. The first-order valence-electron chi connectivity index (χ1n) is 6.20. The van der Waals surface area contributed by atoms with Crippen LogP contribution in [0.15, 0.2) is 40.3 Å². The van der Waals surface area contributed by atoms with Gasteiger partial charge in [-0.2, -0.15) is 0 Å². The zero-order valence-electron chi connectivity index (χ0n) is 11.0. The number of nitrogens with one attached hydrogen (secondary N) is 1. The van der Waals surface area contributed by atoms with Crippen LogP contribution in [0, 0.1) is 12.7 Å². The van der Waals surface area contributed by atoms with Crippen LogP contribution in [-0.4, -0.2) is 16.5 Å². The lowest BCUT2D eigenvalue weighted by Crippen LogP contribution is -2.04. The molecule has 0 fully saturated rings. The molecule has 19 heavy (non-hydrogen) atoms. The molecule has 0 aliphatic carbocycles. The first kappa shape index (κ1) is 13.8. The van der Waals surface area contributed by atoms with Crippen LogP contribution < -0.4 is 5.32 Å². The van der Waals surface area contributed by atoms with E-state index in [9.17, 15) is 4.39 Å². The Bertz CT molecular complexity index is 543. The van der Waals surface area contributed by atoms with Gasteiger partial charge in [0, 0.05) is 17.5 Å². The summed E-state index contributed by atoms with van der Waals surface area (Å²) < 4.78 is 12.8. The number of nitrogens with zero attached hydrogens (tertiary/aromatic N) is 2. The summed E-state index contributed by atoms with van der Waals surface area (Å²) >= 11 is 1.50. The lowest BCUT2D eigenvalue weighted by Gasteiger charge is -2.07. The van der Waals surface area contributed by atoms with Gasteiger partial charge in [0.25, 0.3) is 0 Å². The molecule has 0 atom stereocenters. The van der Waals surface area contributed by atoms with Crippen LogP contribution in [0.2, 0.25) is 0 Å². The van der Waals surface area contributed by atoms with E-state index in [2.05, 4.69) is 22.2 Å². The van der Waals surface area contributed by atoms with Gasteiger partial charge in [-0.25, -0.2) is 14.4 Å². The number of anilines is 1. The molecule has 1 aromatic heterocycles. The summed E-state index contributed by atoms with van der Waals surface area (Å²) in [7, 11) is 0. The molecule has 1 heterocycles. The van der Waals surface area contributed by atoms with E-state index in [1.165, 1.54) is 23.9 Å². The smallest absolute Gasteiger partial charge is 0.130 e. The first-order valence-corrected chi connectivity index (χ1v) is 7.02. The molecule has 2 aromatic rings. The lowest BCUT2D eigenvalue weighted by atomic mass is 10.4. The molecule has 0 aliphatic rings. The van der Waals surface area contributed by atoms with E-state index in [1.54, 1.807) is 12.1 Å². The van der Waals surface area contributed by atoms with E-state index in [0.29, 0.717) is 0 Å². The number of halogens is 1. The number of aryl methyl sites for hydroxylation is 1. The molecule has 1 aromatic carbocycles. The summed E-state index contributed by atoms with van der Waals surface area (Å²) in [5.74, 6) is 1.33. The van der Waals surface area contributed by atoms with Crippen LogP contribution >= 0.6 is 11.8 Å². The van der Waals surface area contributed by atoms with Crippen molar-refractivity contribution in [2.75, 3.05) is 11.9 Å². The summed E-state index contributed by atoms with van der Waals surface area (Å²) in [5, 5.41) is 4.10. The second kappa shape index (κ2) is 6.52. The molecule has 0 aliphatic heterocycles. The Hall–Kier alpha value is -1.62. The van der Waals surface area contributed by atoms with Gasteiger partial charge in [0.2, 0.25) is 0 Å². The number of hydrogen-bond donors (Lipinski definition) is 1. The van der Waals surface area contributed by atoms with Gasteiger partial charge in [-0.3, -0.25) is 0 Å². The summed E-state index contributed by atoms with van der Waals surface area (Å²) in [5.41, 5.74) is 0. The highest BCUT2D eigenvalue weighted by molar-refractivity contribution is 7.99. The first-order chi connectivity index (χ1) is 9.17. The largest absolute Gasteiger partial charge is 0.370 e.